The van der Waals surface area contributed by atoms with Gasteiger partial charge in [-0.2, -0.15) is 0 Å². The molecule has 2 fully saturated rings. The molecule has 1 saturated carbocycles. The largest absolute Gasteiger partial charge is 0.395 e. The second kappa shape index (κ2) is 5.17. The molecule has 4 nitrogen and oxygen atoms in total. The van der Waals surface area contributed by atoms with Gasteiger partial charge in [-0.3, -0.25) is 0 Å². The second-order valence-electron chi connectivity index (χ2n) is 6.02. The van der Waals surface area contributed by atoms with E-state index in [2.05, 4.69) is 11.1 Å². The Morgan fingerprint density at radius 1 is 1.26 bits per heavy atom. The molecule has 1 saturated heterocycles. The fourth-order valence-electron chi connectivity index (χ4n) is 3.08. The first-order chi connectivity index (χ1) is 9.23. The van der Waals surface area contributed by atoms with E-state index in [1.54, 1.807) is 0 Å². The van der Waals surface area contributed by atoms with Crippen molar-refractivity contribution in [1.29, 1.82) is 0 Å². The average Bonchev–Trinajstić information content (AvgIpc) is 2.39. The zero-order valence-corrected chi connectivity index (χ0v) is 11.6. The van der Waals surface area contributed by atoms with Crippen LogP contribution in [-0.4, -0.2) is 34.9 Å². The van der Waals surface area contributed by atoms with Gasteiger partial charge in [0.25, 0.3) is 0 Å². The van der Waals surface area contributed by atoms with E-state index in [1.807, 2.05) is 6.92 Å². The molecule has 1 aromatic heterocycles. The van der Waals surface area contributed by atoms with Crippen LogP contribution in [-0.2, 0) is 10.2 Å². The Morgan fingerprint density at radius 3 is 2.58 bits per heavy atom. The third-order valence-electron chi connectivity index (χ3n) is 4.43. The SMILES string of the molecule is Cc1cc(C2CCCCC2)nc(C2(CO)COC2)n1. The van der Waals surface area contributed by atoms with E-state index in [0.717, 1.165) is 11.5 Å². The van der Waals surface area contributed by atoms with Crippen molar-refractivity contribution in [3.8, 4) is 0 Å². The summed E-state index contributed by atoms with van der Waals surface area (Å²) >= 11 is 0. The van der Waals surface area contributed by atoms with Gasteiger partial charge in [0.05, 0.1) is 25.2 Å². The van der Waals surface area contributed by atoms with Crippen LogP contribution >= 0.6 is 0 Å². The number of aliphatic hydroxyl groups is 1. The summed E-state index contributed by atoms with van der Waals surface area (Å²) in [7, 11) is 0. The Bertz CT molecular complexity index is 446. The minimum atomic E-state index is -0.352. The third-order valence-corrected chi connectivity index (χ3v) is 4.43. The van der Waals surface area contributed by atoms with Crippen molar-refractivity contribution < 1.29 is 9.84 Å². The number of hydrogen-bond acceptors (Lipinski definition) is 4. The van der Waals surface area contributed by atoms with Crippen LogP contribution in [0.25, 0.3) is 0 Å². The Hall–Kier alpha value is -1.00. The van der Waals surface area contributed by atoms with Gasteiger partial charge in [0, 0.05) is 17.3 Å². The first-order valence-electron chi connectivity index (χ1n) is 7.28. The molecule has 0 atom stereocenters. The summed E-state index contributed by atoms with van der Waals surface area (Å²) in [5.41, 5.74) is 1.82. The predicted octanol–water partition coefficient (Wildman–Crippen LogP) is 2.09. The summed E-state index contributed by atoms with van der Waals surface area (Å²) in [6.45, 7) is 3.16. The highest BCUT2D eigenvalue weighted by atomic mass is 16.5. The van der Waals surface area contributed by atoms with Crippen molar-refractivity contribution in [2.75, 3.05) is 19.8 Å². The van der Waals surface area contributed by atoms with Gasteiger partial charge in [0.15, 0.2) is 0 Å². The zero-order valence-electron chi connectivity index (χ0n) is 11.6. The fraction of sp³-hybridized carbons (Fsp3) is 0.733. The van der Waals surface area contributed by atoms with Gasteiger partial charge in [-0.25, -0.2) is 9.97 Å². The van der Waals surface area contributed by atoms with Crippen LogP contribution in [0.3, 0.4) is 0 Å². The van der Waals surface area contributed by atoms with Crippen LogP contribution in [0.15, 0.2) is 6.07 Å². The molecule has 1 aliphatic carbocycles. The predicted molar refractivity (Wildman–Crippen MR) is 72.2 cm³/mol. The molecule has 0 amide bonds. The number of rotatable bonds is 3. The lowest BCUT2D eigenvalue weighted by Gasteiger charge is -2.38. The van der Waals surface area contributed by atoms with E-state index < -0.39 is 0 Å². The van der Waals surface area contributed by atoms with Crippen LogP contribution in [0.2, 0.25) is 0 Å². The first-order valence-corrected chi connectivity index (χ1v) is 7.28. The Morgan fingerprint density at radius 2 is 2.00 bits per heavy atom. The molecule has 2 heterocycles. The van der Waals surface area contributed by atoms with Gasteiger partial charge in [-0.15, -0.1) is 0 Å². The smallest absolute Gasteiger partial charge is 0.141 e. The molecule has 19 heavy (non-hydrogen) atoms. The number of ether oxygens (including phenoxy) is 1. The monoisotopic (exact) mass is 262 g/mol. The highest BCUT2D eigenvalue weighted by molar-refractivity contribution is 5.21. The number of hydrogen-bond donors (Lipinski definition) is 1. The average molecular weight is 262 g/mol. The van der Waals surface area contributed by atoms with E-state index in [-0.39, 0.29) is 12.0 Å². The van der Waals surface area contributed by atoms with Crippen LogP contribution < -0.4 is 0 Å². The van der Waals surface area contributed by atoms with Gasteiger partial charge < -0.3 is 9.84 Å². The maximum Gasteiger partial charge on any atom is 0.141 e. The molecule has 0 radical (unpaired) electrons. The molecule has 0 aromatic carbocycles. The van der Waals surface area contributed by atoms with Crippen molar-refractivity contribution >= 4 is 0 Å². The lowest BCUT2D eigenvalue weighted by atomic mass is 9.84. The summed E-state index contributed by atoms with van der Waals surface area (Å²) in [6, 6.07) is 2.12. The molecule has 0 spiro atoms. The van der Waals surface area contributed by atoms with E-state index >= 15 is 0 Å². The maximum absolute atomic E-state index is 9.62. The lowest BCUT2D eigenvalue weighted by molar-refractivity contribution is -0.0886. The minimum Gasteiger partial charge on any atom is -0.395 e. The van der Waals surface area contributed by atoms with E-state index in [1.165, 1.54) is 37.8 Å². The molecule has 0 unspecified atom stereocenters. The van der Waals surface area contributed by atoms with Crippen molar-refractivity contribution in [1.82, 2.24) is 9.97 Å². The van der Waals surface area contributed by atoms with Crippen molar-refractivity contribution in [3.63, 3.8) is 0 Å². The molecule has 1 aliphatic heterocycles. The minimum absolute atomic E-state index is 0.0700. The van der Waals surface area contributed by atoms with E-state index in [9.17, 15) is 5.11 Å². The Balaban J connectivity index is 1.91. The van der Waals surface area contributed by atoms with Gasteiger partial charge >= 0.3 is 0 Å². The molecule has 2 aliphatic rings. The molecular weight excluding hydrogens is 240 g/mol. The van der Waals surface area contributed by atoms with Crippen LogP contribution in [0.1, 0.15) is 55.2 Å². The number of aryl methyl sites for hydroxylation is 1. The topological polar surface area (TPSA) is 55.2 Å². The molecule has 4 heteroatoms. The summed E-state index contributed by atoms with van der Waals surface area (Å²) in [6.07, 6.45) is 6.42. The normalized spacial score (nSPS) is 23.1. The molecular formula is C15H22N2O2. The molecule has 3 rings (SSSR count). The molecule has 104 valence electrons. The van der Waals surface area contributed by atoms with E-state index in [4.69, 9.17) is 9.72 Å². The first kappa shape index (κ1) is 13.0. The third kappa shape index (κ3) is 2.39. The lowest BCUT2D eigenvalue weighted by Crippen LogP contribution is -2.51. The standard InChI is InChI=1S/C15H22N2O2/c1-11-7-13(12-5-3-2-4-6-12)17-14(16-11)15(8-18)9-19-10-15/h7,12,18H,2-6,8-10H2,1H3. The summed E-state index contributed by atoms with van der Waals surface area (Å²) in [4.78, 5) is 9.31. The number of aromatic nitrogens is 2. The van der Waals surface area contributed by atoms with Gasteiger partial charge in [0.2, 0.25) is 0 Å². The summed E-state index contributed by atoms with van der Waals surface area (Å²) in [5.74, 6) is 1.35. The number of nitrogens with zero attached hydrogens (tertiary/aromatic N) is 2. The highest BCUT2D eigenvalue weighted by Gasteiger charge is 2.43. The molecule has 1 aromatic rings. The summed E-state index contributed by atoms with van der Waals surface area (Å²) in [5, 5.41) is 9.62. The van der Waals surface area contributed by atoms with Gasteiger partial charge in [-0.05, 0) is 25.8 Å². The quantitative estimate of drug-likeness (QED) is 0.906. The van der Waals surface area contributed by atoms with Crippen LogP contribution in [0, 0.1) is 6.92 Å². The molecule has 0 bridgehead atoms. The molecule has 1 N–H and O–H groups in total. The highest BCUT2D eigenvalue weighted by Crippen LogP contribution is 2.34. The maximum atomic E-state index is 9.62. The van der Waals surface area contributed by atoms with Gasteiger partial charge in [-0.1, -0.05) is 19.3 Å². The fourth-order valence-corrected chi connectivity index (χ4v) is 3.08. The zero-order chi connectivity index (χ0) is 13.3. The van der Waals surface area contributed by atoms with E-state index in [0.29, 0.717) is 19.1 Å². The van der Waals surface area contributed by atoms with Crippen molar-refractivity contribution in [2.24, 2.45) is 0 Å². The van der Waals surface area contributed by atoms with Gasteiger partial charge in [0.1, 0.15) is 5.82 Å². The van der Waals surface area contributed by atoms with Crippen LogP contribution in [0.5, 0.6) is 0 Å². The Kier molecular flexibility index (Phi) is 3.54. The number of aliphatic hydroxyl groups excluding tert-OH is 1. The van der Waals surface area contributed by atoms with Crippen molar-refractivity contribution in [3.05, 3.63) is 23.3 Å². The van der Waals surface area contributed by atoms with Crippen molar-refractivity contribution in [2.45, 2.75) is 50.4 Å². The summed E-state index contributed by atoms with van der Waals surface area (Å²) < 4.78 is 5.27. The second-order valence-corrected chi connectivity index (χ2v) is 6.02. The Labute approximate surface area is 114 Å². The van der Waals surface area contributed by atoms with Crippen LogP contribution in [0.4, 0.5) is 0 Å².